The van der Waals surface area contributed by atoms with Gasteiger partial charge in [-0.15, -0.1) is 4.73 Å². The zero-order valence-corrected chi connectivity index (χ0v) is 9.11. The van der Waals surface area contributed by atoms with Gasteiger partial charge in [0.2, 0.25) is 11.8 Å². The molecule has 0 aliphatic rings. The molecule has 0 atom stereocenters. The highest BCUT2D eigenvalue weighted by atomic mass is 16.7. The number of rotatable bonds is 3. The number of nitrogens with zero attached hydrogens (tertiary/aromatic N) is 1. The van der Waals surface area contributed by atoms with E-state index in [1.54, 1.807) is 12.1 Å². The Morgan fingerprint density at radius 2 is 1.72 bits per heavy atom. The normalized spacial score (nSPS) is 10.0. The van der Waals surface area contributed by atoms with E-state index in [4.69, 9.17) is 4.84 Å². The summed E-state index contributed by atoms with van der Waals surface area (Å²) in [5.41, 5.74) is 0.202. The molecule has 0 aliphatic carbocycles. The third kappa shape index (κ3) is 2.03. The van der Waals surface area contributed by atoms with Crippen molar-refractivity contribution in [3.05, 3.63) is 47.5 Å². The Morgan fingerprint density at radius 1 is 1.11 bits per heavy atom. The largest absolute Gasteiger partial charge is 0.492 e. The molecule has 0 amide bonds. The summed E-state index contributed by atoms with van der Waals surface area (Å²) < 4.78 is 0.559. The molecule has 2 N–H and O–H groups in total. The molecule has 18 heavy (non-hydrogen) atoms. The summed E-state index contributed by atoms with van der Waals surface area (Å²) in [5.74, 6) is -1.71. The lowest BCUT2D eigenvalue weighted by atomic mass is 10.1. The molecule has 1 heterocycles. The third-order valence-electron chi connectivity index (χ3n) is 2.28. The first kappa shape index (κ1) is 11.7. The quantitative estimate of drug-likeness (QED) is 0.789. The van der Waals surface area contributed by atoms with Gasteiger partial charge in [0.05, 0.1) is 5.56 Å². The lowest BCUT2D eigenvalue weighted by Crippen LogP contribution is -2.20. The van der Waals surface area contributed by atoms with Crippen molar-refractivity contribution in [3.63, 3.8) is 0 Å². The van der Waals surface area contributed by atoms with Crippen molar-refractivity contribution in [1.29, 1.82) is 0 Å². The number of hydrogen-bond donors (Lipinski definition) is 2. The Bertz CT molecular complexity index is 583. The summed E-state index contributed by atoms with van der Waals surface area (Å²) in [7, 11) is 0. The van der Waals surface area contributed by atoms with Crippen molar-refractivity contribution in [2.24, 2.45) is 0 Å². The lowest BCUT2D eigenvalue weighted by molar-refractivity contribution is 0.0380. The van der Waals surface area contributed by atoms with Gasteiger partial charge in [-0.3, -0.25) is 4.79 Å². The van der Waals surface area contributed by atoms with Crippen molar-refractivity contribution in [1.82, 2.24) is 4.73 Å². The second-order valence-corrected chi connectivity index (χ2v) is 3.43. The van der Waals surface area contributed by atoms with E-state index in [9.17, 15) is 19.8 Å². The van der Waals surface area contributed by atoms with E-state index >= 15 is 0 Å². The Morgan fingerprint density at radius 3 is 2.33 bits per heavy atom. The van der Waals surface area contributed by atoms with Crippen LogP contribution in [0, 0.1) is 0 Å². The zero-order chi connectivity index (χ0) is 13.1. The van der Waals surface area contributed by atoms with Crippen LogP contribution in [0.2, 0.25) is 0 Å². The van der Waals surface area contributed by atoms with Gasteiger partial charge >= 0.3 is 5.97 Å². The molecule has 0 bridgehead atoms. The van der Waals surface area contributed by atoms with Gasteiger partial charge in [-0.2, -0.15) is 0 Å². The maximum atomic E-state index is 11.8. The molecule has 1 aromatic heterocycles. The number of aromatic hydroxyl groups is 2. The minimum atomic E-state index is -0.862. The molecule has 0 radical (unpaired) electrons. The van der Waals surface area contributed by atoms with Gasteiger partial charge in [-0.25, -0.2) is 4.79 Å². The first-order valence-electron chi connectivity index (χ1n) is 5.00. The first-order valence-corrected chi connectivity index (χ1v) is 5.00. The molecular weight excluding hydrogens is 238 g/mol. The van der Waals surface area contributed by atoms with Crippen LogP contribution in [-0.2, 0) is 0 Å². The summed E-state index contributed by atoms with van der Waals surface area (Å²) in [4.78, 5) is 27.3. The summed E-state index contributed by atoms with van der Waals surface area (Å²) in [6, 6.07) is 8.36. The highest BCUT2D eigenvalue weighted by molar-refractivity contribution is 5.98. The fourth-order valence-electron chi connectivity index (χ4n) is 1.41. The van der Waals surface area contributed by atoms with Crippen molar-refractivity contribution in [2.75, 3.05) is 0 Å². The fourth-order valence-corrected chi connectivity index (χ4v) is 1.41. The number of aromatic nitrogens is 1. The summed E-state index contributed by atoms with van der Waals surface area (Å²) in [6.45, 7) is 0. The van der Waals surface area contributed by atoms with Crippen LogP contribution in [0.15, 0.2) is 36.4 Å². The van der Waals surface area contributed by atoms with Crippen LogP contribution in [0.5, 0.6) is 11.8 Å². The highest BCUT2D eigenvalue weighted by Crippen LogP contribution is 2.19. The standard InChI is InChI=1S/C12H9NO5/c14-7-8-3-1-2-4-9(8)12(17)18-13-10(15)5-6-11(13)16/h1-7,15-16H. The van der Waals surface area contributed by atoms with Gasteiger partial charge in [0.25, 0.3) is 0 Å². The maximum Gasteiger partial charge on any atom is 0.364 e. The van der Waals surface area contributed by atoms with E-state index in [0.29, 0.717) is 11.0 Å². The fraction of sp³-hybridized carbons (Fsp3) is 0. The van der Waals surface area contributed by atoms with E-state index in [0.717, 1.165) is 12.1 Å². The molecule has 0 aliphatic heterocycles. The zero-order valence-electron chi connectivity index (χ0n) is 9.11. The van der Waals surface area contributed by atoms with E-state index in [1.807, 2.05) is 0 Å². The Balaban J connectivity index is 2.30. The van der Waals surface area contributed by atoms with Crippen LogP contribution >= 0.6 is 0 Å². The Kier molecular flexibility index (Phi) is 3.01. The van der Waals surface area contributed by atoms with Gasteiger partial charge in [-0.1, -0.05) is 18.2 Å². The van der Waals surface area contributed by atoms with Crippen molar-refractivity contribution in [3.8, 4) is 11.8 Å². The molecule has 6 heteroatoms. The molecule has 0 saturated heterocycles. The molecular formula is C12H9NO5. The van der Waals surface area contributed by atoms with Crippen molar-refractivity contribution < 1.29 is 24.6 Å². The van der Waals surface area contributed by atoms with Gasteiger partial charge in [0.15, 0.2) is 6.29 Å². The van der Waals surface area contributed by atoms with Gasteiger partial charge in [-0.05, 0) is 6.07 Å². The summed E-state index contributed by atoms with van der Waals surface area (Å²) in [6.07, 6.45) is 0.520. The number of benzene rings is 1. The predicted octanol–water partition coefficient (Wildman–Crippen LogP) is 0.981. The minimum absolute atomic E-state index is 0.0417. The van der Waals surface area contributed by atoms with Crippen LogP contribution in [0.1, 0.15) is 20.7 Å². The molecule has 2 aromatic rings. The average molecular weight is 247 g/mol. The van der Waals surface area contributed by atoms with Gasteiger partial charge < -0.3 is 15.1 Å². The smallest absolute Gasteiger partial charge is 0.364 e. The van der Waals surface area contributed by atoms with Crippen LogP contribution in [0.3, 0.4) is 0 Å². The molecule has 1 aromatic carbocycles. The van der Waals surface area contributed by atoms with Crippen molar-refractivity contribution >= 4 is 12.3 Å². The van der Waals surface area contributed by atoms with E-state index in [-0.39, 0.29) is 11.1 Å². The van der Waals surface area contributed by atoms with E-state index in [2.05, 4.69) is 0 Å². The van der Waals surface area contributed by atoms with Gasteiger partial charge in [0, 0.05) is 17.7 Å². The molecule has 6 nitrogen and oxygen atoms in total. The monoisotopic (exact) mass is 247 g/mol. The Labute approximate surface area is 102 Å². The number of carbonyl (C=O) groups is 2. The summed E-state index contributed by atoms with van der Waals surface area (Å²) in [5, 5.41) is 18.6. The molecule has 2 rings (SSSR count). The SMILES string of the molecule is O=Cc1ccccc1C(=O)On1c(O)ccc1O. The summed E-state index contributed by atoms with van der Waals surface area (Å²) >= 11 is 0. The first-order chi connectivity index (χ1) is 8.63. The average Bonchev–Trinajstić information content (AvgIpc) is 2.70. The Hall–Kier alpha value is -2.76. The highest BCUT2D eigenvalue weighted by Gasteiger charge is 2.16. The van der Waals surface area contributed by atoms with Crippen LogP contribution in [0.25, 0.3) is 0 Å². The number of hydrogen-bond acceptors (Lipinski definition) is 5. The second kappa shape index (κ2) is 4.62. The van der Waals surface area contributed by atoms with Gasteiger partial charge in [0.1, 0.15) is 0 Å². The molecule has 0 unspecified atom stereocenters. The minimum Gasteiger partial charge on any atom is -0.492 e. The molecule has 0 saturated carbocycles. The van der Waals surface area contributed by atoms with Crippen LogP contribution in [-0.4, -0.2) is 27.2 Å². The topological polar surface area (TPSA) is 88.8 Å². The second-order valence-electron chi connectivity index (χ2n) is 3.43. The van der Waals surface area contributed by atoms with Crippen LogP contribution in [0.4, 0.5) is 0 Å². The molecule has 0 fully saturated rings. The van der Waals surface area contributed by atoms with Crippen LogP contribution < -0.4 is 4.84 Å². The van der Waals surface area contributed by atoms with E-state index in [1.165, 1.54) is 12.1 Å². The maximum absolute atomic E-state index is 11.8. The predicted molar refractivity (Wildman–Crippen MR) is 60.5 cm³/mol. The number of aldehydes is 1. The molecule has 92 valence electrons. The third-order valence-corrected chi connectivity index (χ3v) is 2.28. The number of carbonyl (C=O) groups excluding carboxylic acids is 2. The van der Waals surface area contributed by atoms with E-state index < -0.39 is 17.7 Å². The van der Waals surface area contributed by atoms with Crippen molar-refractivity contribution in [2.45, 2.75) is 0 Å². The molecule has 0 spiro atoms. The lowest BCUT2D eigenvalue weighted by Gasteiger charge is -2.07.